The lowest BCUT2D eigenvalue weighted by atomic mass is 10.2. The fraction of sp³-hybridized carbons (Fsp3) is 0.333. The third-order valence-corrected chi connectivity index (χ3v) is 3.55. The van der Waals surface area contributed by atoms with E-state index < -0.39 is 5.97 Å². The number of nitrogens with zero attached hydrogens (tertiary/aromatic N) is 3. The first-order valence-electron chi connectivity index (χ1n) is 7.38. The van der Waals surface area contributed by atoms with Gasteiger partial charge in [0.05, 0.1) is 23.8 Å². The summed E-state index contributed by atoms with van der Waals surface area (Å²) < 4.78 is 16.7. The molecular formula is C15H18BrN5O4. The maximum atomic E-state index is 12.3. The smallest absolute Gasteiger partial charge is 0.338 e. The van der Waals surface area contributed by atoms with Crippen molar-refractivity contribution < 1.29 is 19.0 Å². The quantitative estimate of drug-likeness (QED) is 0.654. The average Bonchev–Trinajstić information content (AvgIpc) is 2.57. The number of nitrogen functional groups attached to an aromatic ring is 2. The second kappa shape index (κ2) is 8.47. The Morgan fingerprint density at radius 2 is 1.88 bits per heavy atom. The van der Waals surface area contributed by atoms with E-state index >= 15 is 0 Å². The average molecular weight is 412 g/mol. The van der Waals surface area contributed by atoms with E-state index in [9.17, 15) is 4.79 Å². The molecule has 4 N–H and O–H groups in total. The van der Waals surface area contributed by atoms with Crippen LogP contribution in [0.5, 0.6) is 11.5 Å². The van der Waals surface area contributed by atoms with Crippen LogP contribution in [-0.2, 0) is 11.3 Å². The molecule has 134 valence electrons. The van der Waals surface area contributed by atoms with Gasteiger partial charge in [-0.05, 0) is 34.5 Å². The molecule has 1 aromatic heterocycles. The molecule has 1 heterocycles. The van der Waals surface area contributed by atoms with E-state index in [0.717, 1.165) is 6.42 Å². The number of esters is 1. The summed E-state index contributed by atoms with van der Waals surface area (Å²) in [4.78, 5) is 23.6. The van der Waals surface area contributed by atoms with Gasteiger partial charge in [-0.3, -0.25) is 0 Å². The first kappa shape index (κ1) is 18.7. The van der Waals surface area contributed by atoms with Crippen molar-refractivity contribution in [1.29, 1.82) is 0 Å². The highest BCUT2D eigenvalue weighted by Gasteiger charge is 2.17. The summed E-state index contributed by atoms with van der Waals surface area (Å²) in [5.41, 5.74) is 11.2. The second-order valence-electron chi connectivity index (χ2n) is 4.88. The predicted molar refractivity (Wildman–Crippen MR) is 94.3 cm³/mol. The molecule has 25 heavy (non-hydrogen) atoms. The number of carbonyl (C=O) groups excluding carboxylic acids is 1. The number of hydrogen-bond acceptors (Lipinski definition) is 9. The van der Waals surface area contributed by atoms with Crippen molar-refractivity contribution in [2.75, 3.05) is 25.2 Å². The molecule has 0 saturated heterocycles. The highest BCUT2D eigenvalue weighted by molar-refractivity contribution is 9.10. The van der Waals surface area contributed by atoms with Crippen LogP contribution in [0.2, 0.25) is 0 Å². The van der Waals surface area contributed by atoms with Gasteiger partial charge in [-0.15, -0.1) is 0 Å². The molecule has 1 aromatic carbocycles. The Morgan fingerprint density at radius 3 is 2.48 bits per heavy atom. The number of rotatable bonds is 7. The van der Waals surface area contributed by atoms with Crippen molar-refractivity contribution in [1.82, 2.24) is 15.0 Å². The summed E-state index contributed by atoms with van der Waals surface area (Å²) in [5, 5.41) is 0. The standard InChI is InChI=1S/C15H18BrN5O4/c1-3-4-24-12-9(16)5-8(6-10(12)23-2)13(22)25-7-11-19-14(17)21-15(18)20-11/h5-6H,3-4,7H2,1-2H3,(H4,17,18,19,20,21). The number of methoxy groups -OCH3 is 1. The van der Waals surface area contributed by atoms with Gasteiger partial charge in [0, 0.05) is 0 Å². The minimum atomic E-state index is -0.585. The van der Waals surface area contributed by atoms with E-state index in [1.807, 2.05) is 6.92 Å². The fourth-order valence-electron chi connectivity index (χ4n) is 1.92. The lowest BCUT2D eigenvalue weighted by Gasteiger charge is -2.13. The van der Waals surface area contributed by atoms with Crippen molar-refractivity contribution >= 4 is 33.8 Å². The van der Waals surface area contributed by atoms with E-state index in [1.165, 1.54) is 13.2 Å². The fourth-order valence-corrected chi connectivity index (χ4v) is 2.47. The Bertz CT molecular complexity index is 752. The molecule has 2 rings (SSSR count). The summed E-state index contributed by atoms with van der Waals surface area (Å²) >= 11 is 3.37. The zero-order valence-corrected chi connectivity index (χ0v) is 15.4. The van der Waals surface area contributed by atoms with Gasteiger partial charge in [0.25, 0.3) is 0 Å². The molecule has 0 atom stereocenters. The first-order valence-corrected chi connectivity index (χ1v) is 8.17. The highest BCUT2D eigenvalue weighted by atomic mass is 79.9. The zero-order valence-electron chi connectivity index (χ0n) is 13.8. The molecule has 0 spiro atoms. The predicted octanol–water partition coefficient (Wildman–Crippen LogP) is 1.95. The minimum absolute atomic E-state index is 0.0413. The van der Waals surface area contributed by atoms with E-state index in [4.69, 9.17) is 25.7 Å². The van der Waals surface area contributed by atoms with Crippen LogP contribution >= 0.6 is 15.9 Å². The molecule has 0 amide bonds. The maximum absolute atomic E-state index is 12.3. The molecule has 0 unspecified atom stereocenters. The van der Waals surface area contributed by atoms with Gasteiger partial charge in [-0.2, -0.15) is 15.0 Å². The number of ether oxygens (including phenoxy) is 3. The van der Waals surface area contributed by atoms with Crippen LogP contribution in [-0.4, -0.2) is 34.6 Å². The molecule has 0 aliphatic carbocycles. The SMILES string of the molecule is CCCOc1c(Br)cc(C(=O)OCc2nc(N)nc(N)n2)cc1OC. The number of halogens is 1. The van der Waals surface area contributed by atoms with Crippen LogP contribution in [0.1, 0.15) is 29.5 Å². The third-order valence-electron chi connectivity index (χ3n) is 2.96. The normalized spacial score (nSPS) is 10.4. The molecule has 0 radical (unpaired) electrons. The maximum Gasteiger partial charge on any atom is 0.338 e. The van der Waals surface area contributed by atoms with Crippen molar-refractivity contribution in [3.05, 3.63) is 28.0 Å². The molecule has 0 fully saturated rings. The second-order valence-corrected chi connectivity index (χ2v) is 5.74. The number of carbonyl (C=O) groups is 1. The van der Waals surface area contributed by atoms with Crippen LogP contribution in [0.15, 0.2) is 16.6 Å². The Kier molecular flexibility index (Phi) is 6.34. The van der Waals surface area contributed by atoms with Gasteiger partial charge in [0.2, 0.25) is 11.9 Å². The Hall–Kier alpha value is -2.62. The Labute approximate surface area is 152 Å². The van der Waals surface area contributed by atoms with Crippen LogP contribution < -0.4 is 20.9 Å². The number of anilines is 2. The van der Waals surface area contributed by atoms with E-state index in [-0.39, 0.29) is 29.9 Å². The van der Waals surface area contributed by atoms with Gasteiger partial charge in [0.15, 0.2) is 23.9 Å². The number of nitrogens with two attached hydrogens (primary N) is 2. The Morgan fingerprint density at radius 1 is 1.20 bits per heavy atom. The van der Waals surface area contributed by atoms with Crippen molar-refractivity contribution in [3.8, 4) is 11.5 Å². The van der Waals surface area contributed by atoms with Gasteiger partial charge >= 0.3 is 5.97 Å². The van der Waals surface area contributed by atoms with Crippen LogP contribution in [0.3, 0.4) is 0 Å². The lowest BCUT2D eigenvalue weighted by Crippen LogP contribution is -2.11. The number of hydrogen-bond donors (Lipinski definition) is 2. The van der Waals surface area contributed by atoms with E-state index in [1.54, 1.807) is 6.07 Å². The summed E-state index contributed by atoms with van der Waals surface area (Å²) in [6.07, 6.45) is 0.845. The monoisotopic (exact) mass is 411 g/mol. The molecule has 9 nitrogen and oxygen atoms in total. The minimum Gasteiger partial charge on any atom is -0.493 e. The topological polar surface area (TPSA) is 135 Å². The molecular weight excluding hydrogens is 394 g/mol. The third kappa shape index (κ3) is 4.92. The summed E-state index contributed by atoms with van der Waals surface area (Å²) in [5.74, 6) is 0.439. The molecule has 10 heteroatoms. The van der Waals surface area contributed by atoms with Crippen molar-refractivity contribution in [2.24, 2.45) is 0 Å². The van der Waals surface area contributed by atoms with Crippen LogP contribution in [0.4, 0.5) is 11.9 Å². The summed E-state index contributed by atoms with van der Waals surface area (Å²) in [6.45, 7) is 2.33. The van der Waals surface area contributed by atoms with Gasteiger partial charge < -0.3 is 25.7 Å². The van der Waals surface area contributed by atoms with Crippen molar-refractivity contribution in [3.63, 3.8) is 0 Å². The number of aromatic nitrogens is 3. The Balaban J connectivity index is 2.14. The van der Waals surface area contributed by atoms with Crippen LogP contribution in [0.25, 0.3) is 0 Å². The first-order chi connectivity index (χ1) is 11.9. The highest BCUT2D eigenvalue weighted by Crippen LogP contribution is 2.37. The molecule has 0 saturated carbocycles. The summed E-state index contributed by atoms with van der Waals surface area (Å²) in [7, 11) is 1.49. The molecule has 0 bridgehead atoms. The largest absolute Gasteiger partial charge is 0.493 e. The van der Waals surface area contributed by atoms with E-state index in [2.05, 4.69) is 30.9 Å². The zero-order chi connectivity index (χ0) is 18.4. The molecule has 2 aromatic rings. The van der Waals surface area contributed by atoms with Crippen LogP contribution in [0, 0.1) is 0 Å². The lowest BCUT2D eigenvalue weighted by molar-refractivity contribution is 0.0461. The number of benzene rings is 1. The molecule has 0 aliphatic rings. The molecule has 0 aliphatic heterocycles. The summed E-state index contributed by atoms with van der Waals surface area (Å²) in [6, 6.07) is 3.13. The van der Waals surface area contributed by atoms with Gasteiger partial charge in [-0.1, -0.05) is 6.92 Å². The van der Waals surface area contributed by atoms with Gasteiger partial charge in [-0.25, -0.2) is 4.79 Å². The van der Waals surface area contributed by atoms with Gasteiger partial charge in [0.1, 0.15) is 0 Å². The van der Waals surface area contributed by atoms with E-state index in [0.29, 0.717) is 22.6 Å². The van der Waals surface area contributed by atoms with Crippen molar-refractivity contribution in [2.45, 2.75) is 20.0 Å².